The van der Waals surface area contributed by atoms with Gasteiger partial charge in [-0.25, -0.2) is 0 Å². The zero-order valence-electron chi connectivity index (χ0n) is 15.3. The highest BCUT2D eigenvalue weighted by Crippen LogP contribution is 2.15. The van der Waals surface area contributed by atoms with E-state index in [1.54, 1.807) is 0 Å². The largest absolute Gasteiger partial charge is 0.353 e. The topological polar surface area (TPSA) is 54.2 Å². The number of aliphatic imine (C=N–C) groups is 1. The maximum absolute atomic E-state index is 4.72. The molecule has 1 aliphatic rings. The van der Waals surface area contributed by atoms with Crippen LogP contribution in [0.3, 0.4) is 0 Å². The minimum atomic E-state index is 0.453. The van der Waals surface area contributed by atoms with Crippen molar-refractivity contribution in [2.24, 2.45) is 4.99 Å². The van der Waals surface area contributed by atoms with E-state index in [4.69, 9.17) is 5.10 Å². The second kappa shape index (κ2) is 8.01. The van der Waals surface area contributed by atoms with E-state index < -0.39 is 0 Å². The van der Waals surface area contributed by atoms with Crippen LogP contribution in [0, 0.1) is 13.8 Å². The zero-order chi connectivity index (χ0) is 17.6. The highest BCUT2D eigenvalue weighted by atomic mass is 15.3. The van der Waals surface area contributed by atoms with Crippen LogP contribution in [0.15, 0.2) is 47.5 Å². The van der Waals surface area contributed by atoms with Crippen molar-refractivity contribution in [1.82, 2.24) is 20.4 Å². The summed E-state index contributed by atoms with van der Waals surface area (Å²) in [6.07, 6.45) is 6.56. The average molecular weight is 337 g/mol. The Hall–Kier alpha value is -2.56. The van der Waals surface area contributed by atoms with Crippen molar-refractivity contribution in [1.29, 1.82) is 0 Å². The molecular weight excluding hydrogens is 310 g/mol. The third-order valence-electron chi connectivity index (χ3n) is 4.71. The number of nitrogens with zero attached hydrogens (tertiary/aromatic N) is 3. The Balaban J connectivity index is 1.64. The van der Waals surface area contributed by atoms with E-state index in [1.165, 1.54) is 16.8 Å². The molecule has 1 aromatic heterocycles. The van der Waals surface area contributed by atoms with Crippen LogP contribution in [0.25, 0.3) is 0 Å². The first kappa shape index (κ1) is 17.3. The Morgan fingerprint density at radius 3 is 2.60 bits per heavy atom. The Bertz CT molecular complexity index is 750. The van der Waals surface area contributed by atoms with Gasteiger partial charge in [-0.15, -0.1) is 0 Å². The second-order valence-electron chi connectivity index (χ2n) is 6.50. The van der Waals surface area contributed by atoms with Crippen LogP contribution in [0.2, 0.25) is 0 Å². The second-order valence-corrected chi connectivity index (χ2v) is 6.50. The van der Waals surface area contributed by atoms with Crippen molar-refractivity contribution >= 4 is 5.96 Å². The lowest BCUT2D eigenvalue weighted by Gasteiger charge is -2.17. The van der Waals surface area contributed by atoms with Gasteiger partial charge in [0.15, 0.2) is 5.96 Å². The summed E-state index contributed by atoms with van der Waals surface area (Å²) >= 11 is 0. The first-order valence-corrected chi connectivity index (χ1v) is 8.86. The Morgan fingerprint density at radius 2 is 1.92 bits per heavy atom. The molecule has 1 aliphatic carbocycles. The molecule has 1 aromatic carbocycles. The summed E-state index contributed by atoms with van der Waals surface area (Å²) in [7, 11) is 1.82. The number of aryl methyl sites for hydroxylation is 1. The van der Waals surface area contributed by atoms with Gasteiger partial charge in [0.2, 0.25) is 0 Å². The van der Waals surface area contributed by atoms with Gasteiger partial charge in [-0.05, 0) is 32.3 Å². The fraction of sp³-hybridized carbons (Fsp3) is 0.400. The van der Waals surface area contributed by atoms with Gasteiger partial charge in [0.05, 0.1) is 12.2 Å². The lowest BCUT2D eigenvalue weighted by molar-refractivity contribution is 0.632. The molecule has 0 aliphatic heterocycles. The first-order chi connectivity index (χ1) is 12.2. The van der Waals surface area contributed by atoms with Gasteiger partial charge in [-0.2, -0.15) is 5.10 Å². The van der Waals surface area contributed by atoms with Crippen molar-refractivity contribution < 1.29 is 0 Å². The van der Waals surface area contributed by atoms with Crippen molar-refractivity contribution in [2.75, 3.05) is 7.05 Å². The van der Waals surface area contributed by atoms with Gasteiger partial charge in [-0.1, -0.05) is 42.5 Å². The van der Waals surface area contributed by atoms with E-state index >= 15 is 0 Å². The number of aromatic nitrogens is 2. The molecular formula is C20H27N5. The molecule has 0 bridgehead atoms. The summed E-state index contributed by atoms with van der Waals surface area (Å²) in [5.74, 6) is 0.850. The standard InChI is InChI=1S/C20H27N5/c1-15-19(13-22-20(21-3)23-18-11-7-8-12-18)16(2)25(24-15)14-17-9-5-4-6-10-17/h4-10,18H,11-14H2,1-3H3,(H2,21,22,23). The van der Waals surface area contributed by atoms with E-state index in [0.717, 1.165) is 37.6 Å². The van der Waals surface area contributed by atoms with E-state index in [0.29, 0.717) is 6.04 Å². The molecule has 0 spiro atoms. The summed E-state index contributed by atoms with van der Waals surface area (Å²) in [5, 5.41) is 11.6. The maximum Gasteiger partial charge on any atom is 0.191 e. The number of rotatable bonds is 5. The van der Waals surface area contributed by atoms with Crippen molar-refractivity contribution in [3.05, 3.63) is 65.0 Å². The number of nitrogens with one attached hydrogen (secondary N) is 2. The Morgan fingerprint density at radius 1 is 1.20 bits per heavy atom. The molecule has 132 valence electrons. The summed E-state index contributed by atoms with van der Waals surface area (Å²) in [6.45, 7) is 5.74. The monoisotopic (exact) mass is 337 g/mol. The predicted molar refractivity (Wildman–Crippen MR) is 103 cm³/mol. The van der Waals surface area contributed by atoms with Crippen molar-refractivity contribution in [2.45, 2.75) is 45.8 Å². The molecule has 0 unspecified atom stereocenters. The third-order valence-corrected chi connectivity index (χ3v) is 4.71. The lowest BCUT2D eigenvalue weighted by atomic mass is 10.2. The van der Waals surface area contributed by atoms with E-state index in [1.807, 2.05) is 13.1 Å². The van der Waals surface area contributed by atoms with Crippen LogP contribution < -0.4 is 10.6 Å². The average Bonchev–Trinajstić information content (AvgIpc) is 3.22. The zero-order valence-corrected chi connectivity index (χ0v) is 15.3. The molecule has 25 heavy (non-hydrogen) atoms. The molecule has 0 saturated carbocycles. The molecule has 0 amide bonds. The van der Waals surface area contributed by atoms with Crippen LogP contribution in [0.4, 0.5) is 0 Å². The molecule has 5 heteroatoms. The number of hydrogen-bond acceptors (Lipinski definition) is 2. The van der Waals surface area contributed by atoms with Gasteiger partial charge < -0.3 is 10.6 Å². The van der Waals surface area contributed by atoms with Gasteiger partial charge >= 0.3 is 0 Å². The smallest absolute Gasteiger partial charge is 0.191 e. The van der Waals surface area contributed by atoms with E-state index in [-0.39, 0.29) is 0 Å². The third kappa shape index (κ3) is 4.29. The SMILES string of the molecule is CN=C(NCc1c(C)nn(Cc2ccccc2)c1C)NC1CC=CC1. The van der Waals surface area contributed by atoms with Gasteiger partial charge in [0.25, 0.3) is 0 Å². The minimum Gasteiger partial charge on any atom is -0.353 e. The maximum atomic E-state index is 4.72. The Labute approximate surface area is 149 Å². The van der Waals surface area contributed by atoms with Crippen LogP contribution in [-0.4, -0.2) is 28.8 Å². The molecule has 0 radical (unpaired) electrons. The van der Waals surface area contributed by atoms with Crippen LogP contribution >= 0.6 is 0 Å². The molecule has 0 fully saturated rings. The Kier molecular flexibility index (Phi) is 5.53. The van der Waals surface area contributed by atoms with Gasteiger partial charge in [0, 0.05) is 30.9 Å². The van der Waals surface area contributed by atoms with Crippen LogP contribution in [-0.2, 0) is 13.1 Å². The first-order valence-electron chi connectivity index (χ1n) is 8.86. The summed E-state index contributed by atoms with van der Waals surface area (Å²) in [6, 6.07) is 10.9. The number of guanidine groups is 1. The molecule has 1 heterocycles. The molecule has 2 aromatic rings. The summed E-state index contributed by atoms with van der Waals surface area (Å²) in [4.78, 5) is 4.34. The van der Waals surface area contributed by atoms with Crippen molar-refractivity contribution in [3.8, 4) is 0 Å². The van der Waals surface area contributed by atoms with Crippen LogP contribution in [0.1, 0.15) is 35.4 Å². The molecule has 5 nitrogen and oxygen atoms in total. The quantitative estimate of drug-likeness (QED) is 0.501. The normalized spacial score (nSPS) is 14.9. The van der Waals surface area contributed by atoms with Gasteiger partial charge in [-0.3, -0.25) is 9.67 Å². The molecule has 0 saturated heterocycles. The van der Waals surface area contributed by atoms with E-state index in [2.05, 4.69) is 70.6 Å². The molecule has 3 rings (SSSR count). The molecule has 2 N–H and O–H groups in total. The summed E-state index contributed by atoms with van der Waals surface area (Å²) < 4.78 is 2.08. The van der Waals surface area contributed by atoms with E-state index in [9.17, 15) is 0 Å². The lowest BCUT2D eigenvalue weighted by Crippen LogP contribution is -2.42. The minimum absolute atomic E-state index is 0.453. The van der Waals surface area contributed by atoms with Crippen molar-refractivity contribution in [3.63, 3.8) is 0 Å². The highest BCUT2D eigenvalue weighted by molar-refractivity contribution is 5.80. The number of hydrogen-bond donors (Lipinski definition) is 2. The fourth-order valence-corrected chi connectivity index (χ4v) is 3.20. The van der Waals surface area contributed by atoms with Gasteiger partial charge in [0.1, 0.15) is 0 Å². The fourth-order valence-electron chi connectivity index (χ4n) is 3.20. The van der Waals surface area contributed by atoms with Crippen LogP contribution in [0.5, 0.6) is 0 Å². The molecule has 0 atom stereocenters. The summed E-state index contributed by atoms with van der Waals surface area (Å²) in [5.41, 5.74) is 4.77. The highest BCUT2D eigenvalue weighted by Gasteiger charge is 2.14. The number of benzene rings is 1. The predicted octanol–water partition coefficient (Wildman–Crippen LogP) is 2.93.